The van der Waals surface area contributed by atoms with E-state index in [-0.39, 0.29) is 5.41 Å². The van der Waals surface area contributed by atoms with Gasteiger partial charge in [-0.05, 0) is 121 Å². The molecule has 12 rings (SSSR count). The lowest BCUT2D eigenvalue weighted by molar-refractivity contribution is 0.660. The van der Waals surface area contributed by atoms with Crippen molar-refractivity contribution >= 4 is 42.3 Å². The topological polar surface area (TPSA) is 25.8 Å². The summed E-state index contributed by atoms with van der Waals surface area (Å²) in [4.78, 5) is 10.6. The molecule has 0 radical (unpaired) electrons. The number of benzene rings is 9. The van der Waals surface area contributed by atoms with Crippen molar-refractivity contribution in [1.29, 1.82) is 0 Å². The van der Waals surface area contributed by atoms with Gasteiger partial charge in [-0.2, -0.15) is 0 Å². The highest BCUT2D eigenvalue weighted by Crippen LogP contribution is 2.49. The van der Waals surface area contributed by atoms with Crippen LogP contribution in [0.1, 0.15) is 25.0 Å². The average Bonchev–Trinajstić information content (AvgIpc) is 3.82. The van der Waals surface area contributed by atoms with E-state index in [2.05, 4.69) is 214 Å². The zero-order valence-electron chi connectivity index (χ0n) is 34.4. The Labute approximate surface area is 365 Å². The molecule has 9 aromatic carbocycles. The van der Waals surface area contributed by atoms with Crippen LogP contribution >= 0.6 is 11.3 Å². The van der Waals surface area contributed by atoms with Crippen molar-refractivity contribution in [1.82, 2.24) is 9.97 Å². The van der Waals surface area contributed by atoms with Crippen LogP contribution in [-0.2, 0) is 5.41 Å². The van der Waals surface area contributed by atoms with Crippen LogP contribution in [0, 0.1) is 0 Å². The summed E-state index contributed by atoms with van der Waals surface area (Å²) < 4.78 is 2.60. The highest BCUT2D eigenvalue weighted by atomic mass is 32.1. The van der Waals surface area contributed by atoms with Crippen LogP contribution in [0.5, 0.6) is 0 Å². The molecule has 0 spiro atoms. The molecule has 0 unspecified atom stereocenters. The number of thiophene rings is 1. The fourth-order valence-electron chi connectivity index (χ4n) is 9.56. The van der Waals surface area contributed by atoms with Gasteiger partial charge in [-0.1, -0.05) is 166 Å². The monoisotopic (exact) mass is 808 g/mol. The number of fused-ring (bicyclic) bond motifs is 7. The summed E-state index contributed by atoms with van der Waals surface area (Å²) in [6.45, 7) is 4.68. The minimum atomic E-state index is -0.0520. The molecule has 0 aliphatic heterocycles. The number of rotatable bonds is 6. The van der Waals surface area contributed by atoms with E-state index in [0.29, 0.717) is 5.82 Å². The van der Waals surface area contributed by atoms with E-state index >= 15 is 0 Å². The number of aromatic nitrogens is 2. The molecule has 62 heavy (non-hydrogen) atoms. The van der Waals surface area contributed by atoms with E-state index in [1.807, 2.05) is 17.4 Å². The van der Waals surface area contributed by atoms with Gasteiger partial charge in [0.1, 0.15) is 0 Å². The molecule has 0 saturated heterocycles. The third-order valence-electron chi connectivity index (χ3n) is 12.9. The van der Waals surface area contributed by atoms with Gasteiger partial charge in [0.15, 0.2) is 5.82 Å². The molecule has 0 saturated carbocycles. The summed E-state index contributed by atoms with van der Waals surface area (Å²) in [6, 6.07) is 75.1. The summed E-state index contributed by atoms with van der Waals surface area (Å²) in [6.07, 6.45) is 0. The van der Waals surface area contributed by atoms with Crippen LogP contribution in [0.15, 0.2) is 206 Å². The Morgan fingerprint density at radius 1 is 0.339 bits per heavy atom. The Hall–Kier alpha value is -7.46. The number of hydrogen-bond acceptors (Lipinski definition) is 3. The predicted octanol–water partition coefficient (Wildman–Crippen LogP) is 16.3. The third-order valence-corrected chi connectivity index (χ3v) is 14.0. The van der Waals surface area contributed by atoms with Crippen molar-refractivity contribution in [2.24, 2.45) is 0 Å². The largest absolute Gasteiger partial charge is 0.228 e. The molecule has 1 aliphatic rings. The summed E-state index contributed by atoms with van der Waals surface area (Å²) in [5.41, 5.74) is 17.3. The van der Waals surface area contributed by atoms with E-state index in [9.17, 15) is 0 Å². The first-order chi connectivity index (χ1) is 30.4. The molecular weight excluding hydrogens is 769 g/mol. The molecule has 0 atom stereocenters. The van der Waals surface area contributed by atoms with Crippen molar-refractivity contribution in [2.45, 2.75) is 19.3 Å². The fourth-order valence-corrected chi connectivity index (χ4v) is 10.6. The van der Waals surface area contributed by atoms with Gasteiger partial charge in [-0.15, -0.1) is 11.3 Å². The molecule has 1 aliphatic carbocycles. The van der Waals surface area contributed by atoms with Gasteiger partial charge < -0.3 is 0 Å². The molecule has 2 heterocycles. The number of hydrogen-bond donors (Lipinski definition) is 0. The maximum atomic E-state index is 5.32. The van der Waals surface area contributed by atoms with Gasteiger partial charge >= 0.3 is 0 Å². The zero-order chi connectivity index (χ0) is 41.4. The minimum Gasteiger partial charge on any atom is -0.228 e. The molecule has 0 fully saturated rings. The van der Waals surface area contributed by atoms with Crippen molar-refractivity contribution in [3.05, 3.63) is 217 Å². The first kappa shape index (κ1) is 36.4. The van der Waals surface area contributed by atoms with Gasteiger partial charge in [-0.25, -0.2) is 9.97 Å². The SMILES string of the molecule is CC1(C)c2ccccc2-c2ccc(-c3ccc(-c4cc(-c5cc(-c6ccc7ccccc7c6)cc(-c6ccc7sc8ccccc8c7c6)c5)nc(-c5ccccc5)n4)cc3)cc21. The standard InChI is InChI=1S/C59H40N2S/c1-59(2)52-18-10-8-16-48(52)49-28-26-44(35-53(49)59)38-20-23-39(24-21-38)54-36-55(61-58(60-54)40-13-4-3-5-14-40)47-32-45(42-25-22-37-12-6-7-15-41(37)30-42)31-46(33-47)43-27-29-57-51(34-43)50-17-9-11-19-56(50)62-57/h3-36H,1-2H3. The van der Waals surface area contributed by atoms with Gasteiger partial charge in [0.05, 0.1) is 11.4 Å². The summed E-state index contributed by atoms with van der Waals surface area (Å²) in [5.74, 6) is 0.700. The summed E-state index contributed by atoms with van der Waals surface area (Å²) in [7, 11) is 0. The van der Waals surface area contributed by atoms with E-state index in [1.54, 1.807) is 0 Å². The van der Waals surface area contributed by atoms with Crippen LogP contribution in [0.2, 0.25) is 0 Å². The van der Waals surface area contributed by atoms with Crippen LogP contribution < -0.4 is 0 Å². The highest BCUT2D eigenvalue weighted by Gasteiger charge is 2.35. The quantitative estimate of drug-likeness (QED) is 0.167. The molecule has 0 N–H and O–H groups in total. The summed E-state index contributed by atoms with van der Waals surface area (Å²) >= 11 is 1.85. The van der Waals surface area contributed by atoms with E-state index < -0.39 is 0 Å². The Kier molecular flexibility index (Phi) is 8.41. The second kappa shape index (κ2) is 14.3. The molecular formula is C59H40N2S. The molecule has 0 amide bonds. The van der Waals surface area contributed by atoms with Crippen molar-refractivity contribution < 1.29 is 0 Å². The molecule has 2 nitrogen and oxygen atoms in total. The Morgan fingerprint density at radius 2 is 0.919 bits per heavy atom. The number of nitrogens with zero attached hydrogens (tertiary/aromatic N) is 2. The Morgan fingerprint density at radius 3 is 1.76 bits per heavy atom. The van der Waals surface area contributed by atoms with Gasteiger partial charge in [0, 0.05) is 42.3 Å². The zero-order valence-corrected chi connectivity index (χ0v) is 35.2. The van der Waals surface area contributed by atoms with Crippen molar-refractivity contribution in [3.8, 4) is 78.4 Å². The van der Waals surface area contributed by atoms with E-state index in [4.69, 9.17) is 9.97 Å². The van der Waals surface area contributed by atoms with Crippen LogP contribution in [0.3, 0.4) is 0 Å². The second-order valence-corrected chi connectivity index (χ2v) is 18.1. The van der Waals surface area contributed by atoms with Crippen LogP contribution in [0.4, 0.5) is 0 Å². The fraction of sp³-hybridized carbons (Fsp3) is 0.0508. The normalized spacial score (nSPS) is 12.8. The first-order valence-electron chi connectivity index (χ1n) is 21.3. The summed E-state index contributed by atoms with van der Waals surface area (Å²) in [5, 5.41) is 5.03. The van der Waals surface area contributed by atoms with Crippen molar-refractivity contribution in [2.75, 3.05) is 0 Å². The minimum absolute atomic E-state index is 0.0520. The van der Waals surface area contributed by atoms with E-state index in [0.717, 1.165) is 39.2 Å². The lowest BCUT2D eigenvalue weighted by Gasteiger charge is -2.22. The molecule has 0 bridgehead atoms. The van der Waals surface area contributed by atoms with Crippen LogP contribution in [0.25, 0.3) is 109 Å². The predicted molar refractivity (Wildman–Crippen MR) is 263 cm³/mol. The Balaban J connectivity index is 0.993. The first-order valence-corrected chi connectivity index (χ1v) is 22.1. The van der Waals surface area contributed by atoms with Gasteiger partial charge in [0.2, 0.25) is 0 Å². The van der Waals surface area contributed by atoms with Crippen LogP contribution in [-0.4, -0.2) is 9.97 Å². The molecule has 292 valence electrons. The highest BCUT2D eigenvalue weighted by molar-refractivity contribution is 7.25. The van der Waals surface area contributed by atoms with Gasteiger partial charge in [0.25, 0.3) is 0 Å². The maximum Gasteiger partial charge on any atom is 0.160 e. The van der Waals surface area contributed by atoms with Gasteiger partial charge in [-0.3, -0.25) is 0 Å². The molecule has 11 aromatic rings. The van der Waals surface area contributed by atoms with Crippen molar-refractivity contribution in [3.63, 3.8) is 0 Å². The second-order valence-electron chi connectivity index (χ2n) is 17.0. The lowest BCUT2D eigenvalue weighted by atomic mass is 9.81. The van der Waals surface area contributed by atoms with E-state index in [1.165, 1.54) is 75.5 Å². The molecule has 3 heteroatoms. The Bertz CT molecular complexity index is 3540. The lowest BCUT2D eigenvalue weighted by Crippen LogP contribution is -2.14. The average molecular weight is 809 g/mol. The smallest absolute Gasteiger partial charge is 0.160 e. The third kappa shape index (κ3) is 6.16. The maximum absolute atomic E-state index is 5.32. The molecule has 2 aromatic heterocycles.